The van der Waals surface area contributed by atoms with Crippen LogP contribution in [-0.4, -0.2) is 20.0 Å². The molecule has 3 aromatic rings. The number of halogens is 1. The number of thiophene rings is 1. The van der Waals surface area contributed by atoms with Gasteiger partial charge in [-0.25, -0.2) is 4.39 Å². The largest absolute Gasteiger partial charge is 0.322 e. The summed E-state index contributed by atoms with van der Waals surface area (Å²) < 4.78 is 37.5. The minimum Gasteiger partial charge on any atom is -0.322 e. The van der Waals surface area contributed by atoms with E-state index in [0.717, 1.165) is 29.1 Å². The molecule has 2 N–H and O–H groups in total. The van der Waals surface area contributed by atoms with Crippen LogP contribution in [0.1, 0.15) is 27.7 Å². The fraction of sp³-hybridized carbons (Fsp3) is 0.100. The van der Waals surface area contributed by atoms with Crippen LogP contribution in [0.4, 0.5) is 10.1 Å². The monoisotopic (exact) mass is 431 g/mol. The van der Waals surface area contributed by atoms with Gasteiger partial charge in [0, 0.05) is 15.9 Å². The number of carbonyl (C=O) groups is 1. The Bertz CT molecular complexity index is 1170. The first kappa shape index (κ1) is 20.7. The third kappa shape index (κ3) is 5.27. The maximum Gasteiger partial charge on any atom is 0.276 e. The van der Waals surface area contributed by atoms with Crippen LogP contribution in [0.25, 0.3) is 0 Å². The van der Waals surface area contributed by atoms with Gasteiger partial charge in [-0.15, -0.1) is 11.3 Å². The van der Waals surface area contributed by atoms with Gasteiger partial charge >= 0.3 is 0 Å². The summed E-state index contributed by atoms with van der Waals surface area (Å²) in [5.74, 6) is -0.752. The normalized spacial score (nSPS) is 11.9. The molecule has 9 heteroatoms. The van der Waals surface area contributed by atoms with Gasteiger partial charge < -0.3 is 5.32 Å². The van der Waals surface area contributed by atoms with Gasteiger partial charge in [-0.3, -0.25) is 4.79 Å². The number of hydrazone groups is 1. The van der Waals surface area contributed by atoms with Crippen molar-refractivity contribution < 1.29 is 17.6 Å². The molecule has 0 bridgehead atoms. The van der Waals surface area contributed by atoms with Gasteiger partial charge in [0.15, 0.2) is 0 Å². The maximum absolute atomic E-state index is 13.0. The fourth-order valence-corrected chi connectivity index (χ4v) is 3.99. The quantitative estimate of drug-likeness (QED) is 0.454. The van der Waals surface area contributed by atoms with Crippen molar-refractivity contribution in [2.75, 3.05) is 5.32 Å². The van der Waals surface area contributed by atoms with E-state index in [1.807, 2.05) is 6.92 Å². The Kier molecular flexibility index (Phi) is 6.09. The number of aryl methyl sites for hydroxylation is 1. The standard InChI is InChI=1S/C20H18FN3O3S2/c1-13-10-16(12-28-13)20(25)22-18-5-3-4-15(11-18)14(2)23-24-29(26,27)19-8-6-17(21)7-9-19/h3-12,24H,1-2H3,(H,22,25)/b23-14-. The number of amides is 1. The molecule has 6 nitrogen and oxygen atoms in total. The van der Waals surface area contributed by atoms with Gasteiger partial charge in [-0.2, -0.15) is 18.4 Å². The van der Waals surface area contributed by atoms with Crippen LogP contribution in [0.5, 0.6) is 0 Å². The summed E-state index contributed by atoms with van der Waals surface area (Å²) in [6, 6.07) is 13.2. The van der Waals surface area contributed by atoms with Crippen molar-refractivity contribution in [2.24, 2.45) is 5.10 Å². The van der Waals surface area contributed by atoms with E-state index >= 15 is 0 Å². The number of anilines is 1. The number of sulfonamides is 1. The molecule has 0 unspecified atom stereocenters. The molecule has 0 fully saturated rings. The van der Waals surface area contributed by atoms with Crippen molar-refractivity contribution in [3.8, 4) is 0 Å². The molecule has 1 aromatic heterocycles. The van der Waals surface area contributed by atoms with E-state index in [0.29, 0.717) is 22.5 Å². The molecular formula is C20H18FN3O3S2. The molecule has 0 saturated heterocycles. The Morgan fingerprint density at radius 2 is 1.79 bits per heavy atom. The van der Waals surface area contributed by atoms with Crippen molar-refractivity contribution in [3.63, 3.8) is 0 Å². The van der Waals surface area contributed by atoms with Gasteiger partial charge in [0.2, 0.25) is 0 Å². The molecule has 3 rings (SSSR count). The molecule has 0 aliphatic heterocycles. The summed E-state index contributed by atoms with van der Waals surface area (Å²) >= 11 is 1.49. The zero-order valence-electron chi connectivity index (χ0n) is 15.6. The predicted molar refractivity (Wildman–Crippen MR) is 112 cm³/mol. The average molecular weight is 432 g/mol. The van der Waals surface area contributed by atoms with E-state index in [4.69, 9.17) is 0 Å². The van der Waals surface area contributed by atoms with Gasteiger partial charge in [-0.05, 0) is 61.9 Å². The van der Waals surface area contributed by atoms with E-state index in [1.54, 1.807) is 42.6 Å². The topological polar surface area (TPSA) is 87.6 Å². The molecule has 0 aliphatic carbocycles. The van der Waals surface area contributed by atoms with Crippen LogP contribution in [0.15, 0.2) is 70.0 Å². The van der Waals surface area contributed by atoms with Crippen LogP contribution in [0.3, 0.4) is 0 Å². The van der Waals surface area contributed by atoms with Crippen molar-refractivity contribution in [1.29, 1.82) is 0 Å². The lowest BCUT2D eigenvalue weighted by Crippen LogP contribution is -2.20. The highest BCUT2D eigenvalue weighted by Gasteiger charge is 2.13. The smallest absolute Gasteiger partial charge is 0.276 e. The molecule has 2 aromatic carbocycles. The summed E-state index contributed by atoms with van der Waals surface area (Å²) in [7, 11) is -3.92. The average Bonchev–Trinajstić information content (AvgIpc) is 3.13. The van der Waals surface area contributed by atoms with Gasteiger partial charge in [0.05, 0.1) is 16.2 Å². The molecule has 0 saturated carbocycles. The lowest BCUT2D eigenvalue weighted by atomic mass is 10.1. The Balaban J connectivity index is 1.73. The Morgan fingerprint density at radius 3 is 2.45 bits per heavy atom. The van der Waals surface area contributed by atoms with Crippen molar-refractivity contribution in [2.45, 2.75) is 18.7 Å². The Morgan fingerprint density at radius 1 is 1.07 bits per heavy atom. The molecule has 0 radical (unpaired) electrons. The number of benzene rings is 2. The highest BCUT2D eigenvalue weighted by atomic mass is 32.2. The second-order valence-electron chi connectivity index (χ2n) is 6.23. The number of nitrogens with one attached hydrogen (secondary N) is 2. The molecule has 0 aliphatic rings. The number of rotatable bonds is 6. The third-order valence-electron chi connectivity index (χ3n) is 3.99. The van der Waals surface area contributed by atoms with Crippen LogP contribution in [0, 0.1) is 12.7 Å². The summed E-state index contributed by atoms with van der Waals surface area (Å²) in [6.45, 7) is 3.56. The first-order chi connectivity index (χ1) is 13.7. The van der Waals surface area contributed by atoms with Gasteiger partial charge in [0.25, 0.3) is 15.9 Å². The minimum absolute atomic E-state index is 0.0949. The van der Waals surface area contributed by atoms with Crippen LogP contribution in [-0.2, 0) is 10.0 Å². The predicted octanol–water partition coefficient (Wildman–Crippen LogP) is 4.15. The molecule has 0 atom stereocenters. The highest BCUT2D eigenvalue weighted by molar-refractivity contribution is 7.89. The number of nitrogens with zero attached hydrogens (tertiary/aromatic N) is 1. The number of hydrogen-bond acceptors (Lipinski definition) is 5. The van der Waals surface area contributed by atoms with Crippen LogP contribution < -0.4 is 10.1 Å². The number of carbonyl (C=O) groups excluding carboxylic acids is 1. The summed E-state index contributed by atoms with van der Waals surface area (Å²) in [6.07, 6.45) is 0. The van der Waals surface area contributed by atoms with E-state index in [2.05, 4.69) is 15.2 Å². The SMILES string of the molecule is C/C(=N/NS(=O)(=O)c1ccc(F)cc1)c1cccc(NC(=O)c2csc(C)c2)c1. The second kappa shape index (κ2) is 8.54. The van der Waals surface area contributed by atoms with E-state index in [1.165, 1.54) is 11.3 Å². The van der Waals surface area contributed by atoms with E-state index < -0.39 is 15.8 Å². The molecule has 0 spiro atoms. The van der Waals surface area contributed by atoms with Gasteiger partial charge in [-0.1, -0.05) is 12.1 Å². The van der Waals surface area contributed by atoms with Crippen LogP contribution in [0.2, 0.25) is 0 Å². The molecule has 1 heterocycles. The summed E-state index contributed by atoms with van der Waals surface area (Å²) in [4.78, 5) is 15.4. The van der Waals surface area contributed by atoms with Crippen molar-refractivity contribution in [1.82, 2.24) is 4.83 Å². The maximum atomic E-state index is 13.0. The lowest BCUT2D eigenvalue weighted by Gasteiger charge is -2.08. The highest BCUT2D eigenvalue weighted by Crippen LogP contribution is 2.17. The van der Waals surface area contributed by atoms with Gasteiger partial charge in [0.1, 0.15) is 5.82 Å². The molecule has 29 heavy (non-hydrogen) atoms. The number of hydrogen-bond donors (Lipinski definition) is 2. The van der Waals surface area contributed by atoms with E-state index in [9.17, 15) is 17.6 Å². The van der Waals surface area contributed by atoms with E-state index in [-0.39, 0.29) is 10.8 Å². The van der Waals surface area contributed by atoms with Crippen molar-refractivity contribution >= 4 is 38.7 Å². The zero-order chi connectivity index (χ0) is 21.0. The zero-order valence-corrected chi connectivity index (χ0v) is 17.3. The fourth-order valence-electron chi connectivity index (χ4n) is 2.45. The Labute approximate surface area is 172 Å². The molecule has 150 valence electrons. The van der Waals surface area contributed by atoms with Crippen LogP contribution >= 0.6 is 11.3 Å². The molecular weight excluding hydrogens is 413 g/mol. The van der Waals surface area contributed by atoms with Crippen molar-refractivity contribution in [3.05, 3.63) is 81.8 Å². The Hall–Kier alpha value is -3.04. The first-order valence-electron chi connectivity index (χ1n) is 8.53. The minimum atomic E-state index is -3.92. The third-order valence-corrected chi connectivity index (χ3v) is 6.07. The lowest BCUT2D eigenvalue weighted by molar-refractivity contribution is 0.102. The summed E-state index contributed by atoms with van der Waals surface area (Å²) in [5, 5.41) is 8.51. The summed E-state index contributed by atoms with van der Waals surface area (Å²) in [5.41, 5.74) is 2.17. The molecule has 1 amide bonds. The second-order valence-corrected chi connectivity index (χ2v) is 9.00. The first-order valence-corrected chi connectivity index (χ1v) is 10.9.